The molecule has 1 N–H and O–H groups in total. The van der Waals surface area contributed by atoms with E-state index in [4.69, 9.17) is 9.47 Å². The Kier molecular flexibility index (Phi) is 7.16. The highest BCUT2D eigenvalue weighted by molar-refractivity contribution is 7.13. The average Bonchev–Trinajstić information content (AvgIpc) is 3.38. The van der Waals surface area contributed by atoms with Crippen molar-refractivity contribution in [3.05, 3.63) is 34.3 Å². The minimum Gasteiger partial charge on any atom is -0.497 e. The fraction of sp³-hybridized carbons (Fsp3) is 0.591. The van der Waals surface area contributed by atoms with Crippen molar-refractivity contribution in [1.29, 1.82) is 0 Å². The fourth-order valence-electron chi connectivity index (χ4n) is 4.48. The van der Waals surface area contributed by atoms with E-state index in [1.54, 1.807) is 19.2 Å². The summed E-state index contributed by atoms with van der Waals surface area (Å²) in [6, 6.07) is 7.75. The molecule has 2 saturated heterocycles. The van der Waals surface area contributed by atoms with Crippen LogP contribution in [0.15, 0.2) is 24.3 Å². The van der Waals surface area contributed by atoms with Gasteiger partial charge in [-0.1, -0.05) is 11.3 Å². The summed E-state index contributed by atoms with van der Waals surface area (Å²) in [5.41, 5.74) is 0.705. The van der Waals surface area contributed by atoms with E-state index in [1.165, 1.54) is 24.2 Å². The summed E-state index contributed by atoms with van der Waals surface area (Å²) in [4.78, 5) is 17.5. The molecule has 0 aliphatic carbocycles. The Morgan fingerprint density at radius 3 is 2.68 bits per heavy atom. The molecule has 4 rings (SSSR count). The number of carbonyl (C=O) groups is 1. The average molecular weight is 446 g/mol. The molecule has 3 atom stereocenters. The Labute approximate surface area is 187 Å². The Morgan fingerprint density at radius 1 is 1.23 bits per heavy atom. The van der Waals surface area contributed by atoms with Gasteiger partial charge >= 0.3 is 0 Å². The van der Waals surface area contributed by atoms with Gasteiger partial charge in [0.05, 0.1) is 25.9 Å². The van der Waals surface area contributed by atoms with Crippen LogP contribution < -0.4 is 10.1 Å². The molecule has 2 aromatic rings. The largest absolute Gasteiger partial charge is 0.497 e. The SMILES string of the molecule is COc1ccc(NC(=O)c2nnc(CN3CCCC3CN3CC(C)OC(C)C3)s2)cc1. The summed E-state index contributed by atoms with van der Waals surface area (Å²) in [6.07, 6.45) is 2.97. The summed E-state index contributed by atoms with van der Waals surface area (Å²) in [5, 5.41) is 12.6. The number of nitrogens with zero attached hydrogens (tertiary/aromatic N) is 4. The number of likely N-dealkylation sites (tertiary alicyclic amines) is 1. The van der Waals surface area contributed by atoms with E-state index < -0.39 is 0 Å². The first-order chi connectivity index (χ1) is 15.0. The molecular formula is C22H31N5O3S. The lowest BCUT2D eigenvalue weighted by Crippen LogP contribution is -2.50. The van der Waals surface area contributed by atoms with Crippen molar-refractivity contribution in [2.24, 2.45) is 0 Å². The van der Waals surface area contributed by atoms with Gasteiger partial charge in [-0.05, 0) is 57.5 Å². The van der Waals surface area contributed by atoms with Crippen LogP contribution in [0.3, 0.4) is 0 Å². The quantitative estimate of drug-likeness (QED) is 0.702. The number of aromatic nitrogens is 2. The number of benzene rings is 1. The molecule has 3 heterocycles. The third-order valence-electron chi connectivity index (χ3n) is 5.81. The minimum absolute atomic E-state index is 0.233. The second kappa shape index (κ2) is 10.0. The molecule has 31 heavy (non-hydrogen) atoms. The van der Waals surface area contributed by atoms with Crippen LogP contribution in [0.1, 0.15) is 41.5 Å². The van der Waals surface area contributed by atoms with E-state index in [-0.39, 0.29) is 18.1 Å². The van der Waals surface area contributed by atoms with Crippen molar-refractivity contribution < 1.29 is 14.3 Å². The fourth-order valence-corrected chi connectivity index (χ4v) is 5.24. The van der Waals surface area contributed by atoms with Gasteiger partial charge in [0.15, 0.2) is 0 Å². The van der Waals surface area contributed by atoms with Crippen molar-refractivity contribution in [2.45, 2.75) is 51.5 Å². The smallest absolute Gasteiger partial charge is 0.286 e. The zero-order valence-electron chi connectivity index (χ0n) is 18.4. The number of rotatable bonds is 7. The number of morpholine rings is 1. The van der Waals surface area contributed by atoms with Gasteiger partial charge < -0.3 is 14.8 Å². The molecule has 0 saturated carbocycles. The van der Waals surface area contributed by atoms with Crippen LogP contribution in [0.4, 0.5) is 5.69 Å². The Balaban J connectivity index is 1.32. The molecule has 1 aromatic heterocycles. The highest BCUT2D eigenvalue weighted by Crippen LogP contribution is 2.24. The maximum Gasteiger partial charge on any atom is 0.286 e. The number of amides is 1. The standard InChI is InChI=1S/C22H31N5O3S/c1-15-11-26(12-16(2)30-15)13-18-5-4-10-27(18)14-20-24-25-22(31-20)21(28)23-17-6-8-19(29-3)9-7-17/h6-9,15-16,18H,4-5,10-14H2,1-3H3,(H,23,28). The Morgan fingerprint density at radius 2 is 1.97 bits per heavy atom. The molecule has 1 amide bonds. The van der Waals surface area contributed by atoms with Crippen LogP contribution in [0.2, 0.25) is 0 Å². The summed E-state index contributed by atoms with van der Waals surface area (Å²) < 4.78 is 11.0. The van der Waals surface area contributed by atoms with Crippen LogP contribution in [0, 0.1) is 0 Å². The van der Waals surface area contributed by atoms with Crippen molar-refractivity contribution in [2.75, 3.05) is 38.6 Å². The Bertz CT molecular complexity index is 864. The van der Waals surface area contributed by atoms with Gasteiger partial charge in [0.1, 0.15) is 10.8 Å². The minimum atomic E-state index is -0.233. The molecule has 2 aliphatic heterocycles. The van der Waals surface area contributed by atoms with E-state index >= 15 is 0 Å². The highest BCUT2D eigenvalue weighted by Gasteiger charge is 2.30. The van der Waals surface area contributed by atoms with Crippen molar-refractivity contribution in [3.63, 3.8) is 0 Å². The van der Waals surface area contributed by atoms with Crippen LogP contribution in [-0.2, 0) is 11.3 Å². The van der Waals surface area contributed by atoms with Crippen LogP contribution in [0.5, 0.6) is 5.75 Å². The predicted octanol–water partition coefficient (Wildman–Crippen LogP) is 2.87. The molecule has 3 unspecified atom stereocenters. The van der Waals surface area contributed by atoms with Gasteiger partial charge in [-0.15, -0.1) is 10.2 Å². The van der Waals surface area contributed by atoms with Gasteiger partial charge in [0, 0.05) is 31.4 Å². The van der Waals surface area contributed by atoms with Gasteiger partial charge in [-0.25, -0.2) is 0 Å². The van der Waals surface area contributed by atoms with Crippen LogP contribution in [-0.4, -0.2) is 77.4 Å². The molecule has 9 heteroatoms. The van der Waals surface area contributed by atoms with Gasteiger partial charge in [0.25, 0.3) is 5.91 Å². The highest BCUT2D eigenvalue weighted by atomic mass is 32.1. The van der Waals surface area contributed by atoms with E-state index in [1.807, 2.05) is 12.1 Å². The van der Waals surface area contributed by atoms with Crippen molar-refractivity contribution in [3.8, 4) is 5.75 Å². The second-order valence-corrected chi connectivity index (χ2v) is 9.49. The van der Waals surface area contributed by atoms with Crippen LogP contribution >= 0.6 is 11.3 Å². The lowest BCUT2D eigenvalue weighted by atomic mass is 10.1. The Hall–Kier alpha value is -2.07. The summed E-state index contributed by atoms with van der Waals surface area (Å²) in [7, 11) is 1.61. The molecule has 0 bridgehead atoms. The molecule has 0 radical (unpaired) electrons. The molecule has 168 valence electrons. The molecule has 2 fully saturated rings. The number of nitrogens with one attached hydrogen (secondary N) is 1. The number of hydrogen-bond donors (Lipinski definition) is 1. The van der Waals surface area contributed by atoms with E-state index in [9.17, 15) is 4.79 Å². The molecule has 2 aliphatic rings. The topological polar surface area (TPSA) is 79.8 Å². The lowest BCUT2D eigenvalue weighted by Gasteiger charge is -2.38. The third-order valence-corrected chi connectivity index (χ3v) is 6.72. The van der Waals surface area contributed by atoms with Crippen molar-refractivity contribution in [1.82, 2.24) is 20.0 Å². The van der Waals surface area contributed by atoms with E-state index in [0.29, 0.717) is 16.7 Å². The molecule has 0 spiro atoms. The van der Waals surface area contributed by atoms with Crippen LogP contribution in [0.25, 0.3) is 0 Å². The maximum absolute atomic E-state index is 12.5. The lowest BCUT2D eigenvalue weighted by molar-refractivity contribution is -0.0724. The molecule has 1 aromatic carbocycles. The zero-order valence-corrected chi connectivity index (χ0v) is 19.2. The predicted molar refractivity (Wildman–Crippen MR) is 121 cm³/mol. The summed E-state index contributed by atoms with van der Waals surface area (Å²) in [5.74, 6) is 0.514. The van der Waals surface area contributed by atoms with E-state index in [2.05, 4.69) is 39.2 Å². The number of carbonyl (C=O) groups excluding carboxylic acids is 1. The third kappa shape index (κ3) is 5.79. The monoisotopic (exact) mass is 445 g/mol. The summed E-state index contributed by atoms with van der Waals surface area (Å²) in [6.45, 7) is 9.14. The van der Waals surface area contributed by atoms with Gasteiger partial charge in [0.2, 0.25) is 5.01 Å². The normalized spacial score (nSPS) is 24.9. The van der Waals surface area contributed by atoms with Gasteiger partial charge in [-0.3, -0.25) is 14.6 Å². The summed E-state index contributed by atoms with van der Waals surface area (Å²) >= 11 is 1.37. The molecular weight excluding hydrogens is 414 g/mol. The first-order valence-electron chi connectivity index (χ1n) is 10.9. The molecule has 8 nitrogen and oxygen atoms in total. The maximum atomic E-state index is 12.5. The number of methoxy groups -OCH3 is 1. The van der Waals surface area contributed by atoms with E-state index in [0.717, 1.165) is 43.5 Å². The van der Waals surface area contributed by atoms with Crippen molar-refractivity contribution >= 4 is 22.9 Å². The van der Waals surface area contributed by atoms with Gasteiger partial charge in [-0.2, -0.15) is 0 Å². The zero-order chi connectivity index (χ0) is 21.8. The number of anilines is 1. The first-order valence-corrected chi connectivity index (χ1v) is 11.7. The number of ether oxygens (including phenoxy) is 2. The second-order valence-electron chi connectivity index (χ2n) is 8.43. The number of hydrogen-bond acceptors (Lipinski definition) is 8. The first kappa shape index (κ1) is 22.1.